The van der Waals surface area contributed by atoms with Gasteiger partial charge in [-0.1, -0.05) is 12.1 Å². The van der Waals surface area contributed by atoms with Crippen LogP contribution in [0.25, 0.3) is 11.8 Å². The number of carbonyl (C=O) groups is 1. The van der Waals surface area contributed by atoms with Gasteiger partial charge in [0.05, 0.1) is 12.0 Å². The average Bonchev–Trinajstić information content (AvgIpc) is 3.24. The molecule has 0 saturated carbocycles. The summed E-state index contributed by atoms with van der Waals surface area (Å²) in [4.78, 5) is 11.7. The first-order valence-electron chi connectivity index (χ1n) is 6.90. The van der Waals surface area contributed by atoms with E-state index in [0.717, 1.165) is 11.3 Å². The first kappa shape index (κ1) is 13.9. The van der Waals surface area contributed by atoms with Crippen LogP contribution >= 0.6 is 0 Å². The predicted octanol–water partition coefficient (Wildman–Crippen LogP) is 2.79. The molecular formula is C17H15N3O2. The molecule has 0 aliphatic rings. The Labute approximate surface area is 127 Å². The molecule has 1 amide bonds. The number of hydrogen-bond donors (Lipinski definition) is 1. The Morgan fingerprint density at radius 3 is 2.77 bits per heavy atom. The first-order valence-corrected chi connectivity index (χ1v) is 6.90. The molecule has 0 atom stereocenters. The zero-order chi connectivity index (χ0) is 15.2. The van der Waals surface area contributed by atoms with Crippen molar-refractivity contribution in [2.75, 3.05) is 0 Å². The van der Waals surface area contributed by atoms with E-state index in [4.69, 9.17) is 4.42 Å². The Bertz CT molecular complexity index is 742. The highest BCUT2D eigenvalue weighted by atomic mass is 16.3. The van der Waals surface area contributed by atoms with Gasteiger partial charge in [-0.3, -0.25) is 4.79 Å². The second-order valence-electron chi connectivity index (χ2n) is 4.68. The minimum Gasteiger partial charge on any atom is -0.465 e. The van der Waals surface area contributed by atoms with Gasteiger partial charge in [0.25, 0.3) is 0 Å². The number of benzene rings is 1. The van der Waals surface area contributed by atoms with Gasteiger partial charge in [-0.15, -0.1) is 0 Å². The second kappa shape index (κ2) is 6.58. The van der Waals surface area contributed by atoms with Gasteiger partial charge in [0.2, 0.25) is 5.91 Å². The van der Waals surface area contributed by atoms with Gasteiger partial charge in [0.1, 0.15) is 5.76 Å². The van der Waals surface area contributed by atoms with Crippen molar-refractivity contribution in [2.24, 2.45) is 0 Å². The van der Waals surface area contributed by atoms with E-state index in [2.05, 4.69) is 10.4 Å². The molecule has 1 aromatic carbocycles. The number of hydrogen-bond acceptors (Lipinski definition) is 3. The third-order valence-electron chi connectivity index (χ3n) is 3.11. The highest BCUT2D eigenvalue weighted by molar-refractivity contribution is 5.91. The Morgan fingerprint density at radius 1 is 1.23 bits per heavy atom. The summed E-state index contributed by atoms with van der Waals surface area (Å²) in [6.45, 7) is 0.473. The summed E-state index contributed by atoms with van der Waals surface area (Å²) in [5.41, 5.74) is 2.01. The molecule has 3 rings (SSSR count). The highest BCUT2D eigenvalue weighted by Gasteiger charge is 1.99. The molecule has 22 heavy (non-hydrogen) atoms. The van der Waals surface area contributed by atoms with E-state index in [0.29, 0.717) is 12.3 Å². The Morgan fingerprint density at radius 2 is 2.09 bits per heavy atom. The van der Waals surface area contributed by atoms with Gasteiger partial charge in [0.15, 0.2) is 0 Å². The molecule has 0 bridgehead atoms. The third-order valence-corrected chi connectivity index (χ3v) is 3.11. The van der Waals surface area contributed by atoms with E-state index in [-0.39, 0.29) is 5.91 Å². The van der Waals surface area contributed by atoms with Gasteiger partial charge in [-0.05, 0) is 42.0 Å². The monoisotopic (exact) mass is 293 g/mol. The maximum atomic E-state index is 11.7. The number of aromatic nitrogens is 2. The van der Waals surface area contributed by atoms with E-state index < -0.39 is 0 Å². The van der Waals surface area contributed by atoms with Crippen LogP contribution in [0, 0.1) is 0 Å². The van der Waals surface area contributed by atoms with Crippen molar-refractivity contribution < 1.29 is 9.21 Å². The maximum Gasteiger partial charge on any atom is 0.244 e. The summed E-state index contributed by atoms with van der Waals surface area (Å²) in [6.07, 6.45) is 8.28. The molecule has 2 aromatic heterocycles. The Balaban J connectivity index is 1.54. The third kappa shape index (κ3) is 3.52. The molecule has 5 heteroatoms. The molecular weight excluding hydrogens is 278 g/mol. The second-order valence-corrected chi connectivity index (χ2v) is 4.68. The number of nitrogens with zero attached hydrogens (tertiary/aromatic N) is 2. The van der Waals surface area contributed by atoms with Crippen molar-refractivity contribution in [2.45, 2.75) is 6.54 Å². The molecule has 0 radical (unpaired) electrons. The fourth-order valence-corrected chi connectivity index (χ4v) is 1.98. The van der Waals surface area contributed by atoms with E-state index >= 15 is 0 Å². The van der Waals surface area contributed by atoms with E-state index in [1.807, 2.05) is 36.5 Å². The fourth-order valence-electron chi connectivity index (χ4n) is 1.98. The van der Waals surface area contributed by atoms with Crippen LogP contribution in [-0.4, -0.2) is 15.7 Å². The van der Waals surface area contributed by atoms with Crippen molar-refractivity contribution in [1.82, 2.24) is 15.1 Å². The molecule has 0 aliphatic carbocycles. The predicted molar refractivity (Wildman–Crippen MR) is 83.2 cm³/mol. The molecule has 5 nitrogen and oxygen atoms in total. The van der Waals surface area contributed by atoms with Crippen molar-refractivity contribution in [3.8, 4) is 5.69 Å². The average molecular weight is 293 g/mol. The minimum atomic E-state index is -0.160. The molecule has 2 heterocycles. The summed E-state index contributed by atoms with van der Waals surface area (Å²) >= 11 is 0. The molecule has 0 fully saturated rings. The fraction of sp³-hybridized carbons (Fsp3) is 0.0588. The largest absolute Gasteiger partial charge is 0.465 e. The molecule has 3 aromatic rings. The summed E-state index contributed by atoms with van der Waals surface area (Å²) in [5.74, 6) is 0.492. The Kier molecular flexibility index (Phi) is 4.15. The lowest BCUT2D eigenvalue weighted by atomic mass is 10.2. The van der Waals surface area contributed by atoms with Crippen LogP contribution in [0.1, 0.15) is 11.3 Å². The smallest absolute Gasteiger partial charge is 0.244 e. The minimum absolute atomic E-state index is 0.160. The van der Waals surface area contributed by atoms with Crippen LogP contribution in [0.2, 0.25) is 0 Å². The Hall–Kier alpha value is -3.08. The van der Waals surface area contributed by atoms with Crippen LogP contribution in [0.4, 0.5) is 0 Å². The standard InChI is InChI=1S/C17H15N3O2/c21-17(9-8-16-3-1-12-22-16)18-13-14-4-6-15(7-5-14)20-11-2-10-19-20/h1-12H,13H2,(H,18,21)/b9-8+. The molecule has 0 spiro atoms. The van der Waals surface area contributed by atoms with Gasteiger partial charge >= 0.3 is 0 Å². The first-order chi connectivity index (χ1) is 10.8. The van der Waals surface area contributed by atoms with Gasteiger partial charge in [-0.25, -0.2) is 4.68 Å². The van der Waals surface area contributed by atoms with Gasteiger partial charge < -0.3 is 9.73 Å². The molecule has 0 unspecified atom stereocenters. The molecule has 0 aliphatic heterocycles. The van der Waals surface area contributed by atoms with Gasteiger partial charge in [-0.2, -0.15) is 5.10 Å². The number of rotatable bonds is 5. The summed E-state index contributed by atoms with van der Waals surface area (Å²) in [7, 11) is 0. The van der Waals surface area contributed by atoms with E-state index in [1.165, 1.54) is 6.08 Å². The quantitative estimate of drug-likeness (QED) is 0.736. The van der Waals surface area contributed by atoms with Crippen LogP contribution < -0.4 is 5.32 Å². The van der Waals surface area contributed by atoms with Crippen molar-refractivity contribution in [3.05, 3.63) is 78.5 Å². The lowest BCUT2D eigenvalue weighted by molar-refractivity contribution is -0.116. The number of nitrogens with one attached hydrogen (secondary N) is 1. The summed E-state index contributed by atoms with van der Waals surface area (Å²) < 4.78 is 6.91. The van der Waals surface area contributed by atoms with Crippen LogP contribution in [-0.2, 0) is 11.3 Å². The van der Waals surface area contributed by atoms with Crippen molar-refractivity contribution in [1.29, 1.82) is 0 Å². The normalized spacial score (nSPS) is 10.9. The maximum absolute atomic E-state index is 11.7. The van der Waals surface area contributed by atoms with Crippen molar-refractivity contribution >= 4 is 12.0 Å². The number of furan rings is 1. The highest BCUT2D eigenvalue weighted by Crippen LogP contribution is 2.08. The SMILES string of the molecule is O=C(/C=C/c1ccco1)NCc1ccc(-n2cccn2)cc1. The van der Waals surface area contributed by atoms with Crippen molar-refractivity contribution in [3.63, 3.8) is 0 Å². The van der Waals surface area contributed by atoms with Crippen LogP contribution in [0.5, 0.6) is 0 Å². The van der Waals surface area contributed by atoms with E-state index in [1.54, 1.807) is 35.4 Å². The zero-order valence-electron chi connectivity index (χ0n) is 11.8. The van der Waals surface area contributed by atoms with Gasteiger partial charge in [0, 0.05) is 25.0 Å². The number of amides is 1. The van der Waals surface area contributed by atoms with Crippen LogP contribution in [0.3, 0.4) is 0 Å². The summed E-state index contributed by atoms with van der Waals surface area (Å²) in [5, 5.41) is 6.99. The molecule has 1 N–H and O–H groups in total. The topological polar surface area (TPSA) is 60.1 Å². The van der Waals surface area contributed by atoms with E-state index in [9.17, 15) is 4.79 Å². The summed E-state index contributed by atoms with van der Waals surface area (Å²) in [6, 6.07) is 13.3. The molecule has 110 valence electrons. The number of carbonyl (C=O) groups excluding carboxylic acids is 1. The lowest BCUT2D eigenvalue weighted by Crippen LogP contribution is -2.20. The zero-order valence-corrected chi connectivity index (χ0v) is 11.8. The lowest BCUT2D eigenvalue weighted by Gasteiger charge is -2.05. The van der Waals surface area contributed by atoms with Crippen LogP contribution in [0.15, 0.2) is 71.6 Å². The molecule has 0 saturated heterocycles.